The van der Waals surface area contributed by atoms with Crippen LogP contribution in [-0.2, 0) is 16.0 Å². The minimum Gasteiger partial charge on any atom is -0.494 e. The highest BCUT2D eigenvalue weighted by molar-refractivity contribution is 5.33. The van der Waals surface area contributed by atoms with Gasteiger partial charge in [-0.3, -0.25) is 4.90 Å². The van der Waals surface area contributed by atoms with E-state index in [1.807, 2.05) is 20.1 Å². The highest BCUT2D eigenvalue weighted by atomic mass is 16.5. The molecule has 1 unspecified atom stereocenters. The van der Waals surface area contributed by atoms with Crippen LogP contribution in [0.25, 0.3) is 0 Å². The van der Waals surface area contributed by atoms with Gasteiger partial charge in [0.15, 0.2) is 0 Å². The van der Waals surface area contributed by atoms with E-state index in [-0.39, 0.29) is 11.7 Å². The monoisotopic (exact) mass is 319 g/mol. The van der Waals surface area contributed by atoms with Crippen LogP contribution in [-0.4, -0.2) is 50.0 Å². The normalized spacial score (nSPS) is 24.7. The summed E-state index contributed by atoms with van der Waals surface area (Å²) in [4.78, 5) is 2.51. The third-order valence-electron chi connectivity index (χ3n) is 5.24. The number of para-hydroxylation sites is 1. The van der Waals surface area contributed by atoms with E-state index >= 15 is 0 Å². The molecule has 0 aliphatic carbocycles. The number of likely N-dealkylation sites (tertiary alicyclic amines) is 1. The second-order valence-electron chi connectivity index (χ2n) is 6.60. The molecule has 2 aliphatic heterocycles. The maximum atomic E-state index is 6.19. The van der Waals surface area contributed by atoms with E-state index < -0.39 is 0 Å². The molecular formula is C19H29NO3. The van der Waals surface area contributed by atoms with Crippen LogP contribution in [0, 0.1) is 0 Å². The van der Waals surface area contributed by atoms with Crippen LogP contribution in [0.1, 0.15) is 38.2 Å². The molecule has 1 spiro atoms. The molecule has 1 aromatic rings. The summed E-state index contributed by atoms with van der Waals surface area (Å²) in [5.41, 5.74) is 1.22. The number of nitrogens with zero attached hydrogens (tertiary/aromatic N) is 1. The Hall–Kier alpha value is -1.10. The molecule has 2 aliphatic rings. The smallest absolute Gasteiger partial charge is 0.123 e. The van der Waals surface area contributed by atoms with Crippen molar-refractivity contribution < 1.29 is 14.2 Å². The van der Waals surface area contributed by atoms with Crippen molar-refractivity contribution in [3.63, 3.8) is 0 Å². The van der Waals surface area contributed by atoms with Gasteiger partial charge in [0.2, 0.25) is 0 Å². The van der Waals surface area contributed by atoms with Crippen molar-refractivity contribution in [3.8, 4) is 5.75 Å². The number of piperidine rings is 1. The fourth-order valence-electron chi connectivity index (χ4n) is 3.96. The molecule has 0 radical (unpaired) electrons. The van der Waals surface area contributed by atoms with E-state index in [1.165, 1.54) is 5.56 Å². The summed E-state index contributed by atoms with van der Waals surface area (Å²) in [7, 11) is 1.83. The van der Waals surface area contributed by atoms with Gasteiger partial charge in [-0.1, -0.05) is 18.2 Å². The van der Waals surface area contributed by atoms with Crippen molar-refractivity contribution in [1.29, 1.82) is 0 Å². The standard InChI is InChI=1S/C19H29NO3/c1-3-22-17-8-5-4-7-16(17)15-20-12-10-19(11-13-20)18(21-2)9-6-14-23-19/h4-5,7-8,18H,3,6,9-15H2,1-2H3. The summed E-state index contributed by atoms with van der Waals surface area (Å²) in [5.74, 6) is 1.01. The molecule has 0 bridgehead atoms. The Morgan fingerprint density at radius 3 is 2.78 bits per heavy atom. The van der Waals surface area contributed by atoms with Gasteiger partial charge in [0.05, 0.1) is 18.3 Å². The maximum absolute atomic E-state index is 6.19. The Bertz CT molecular complexity index is 497. The maximum Gasteiger partial charge on any atom is 0.123 e. The van der Waals surface area contributed by atoms with Gasteiger partial charge in [-0.25, -0.2) is 0 Å². The van der Waals surface area contributed by atoms with Crippen LogP contribution in [0.4, 0.5) is 0 Å². The molecule has 4 heteroatoms. The third kappa shape index (κ3) is 3.70. The lowest BCUT2D eigenvalue weighted by atomic mass is 9.81. The van der Waals surface area contributed by atoms with E-state index in [9.17, 15) is 0 Å². The molecule has 0 amide bonds. The Morgan fingerprint density at radius 2 is 2.04 bits per heavy atom. The highest BCUT2D eigenvalue weighted by Gasteiger charge is 2.44. The Balaban J connectivity index is 1.61. The van der Waals surface area contributed by atoms with Gasteiger partial charge in [-0.2, -0.15) is 0 Å². The molecule has 2 heterocycles. The van der Waals surface area contributed by atoms with Crippen molar-refractivity contribution in [3.05, 3.63) is 29.8 Å². The first-order chi connectivity index (χ1) is 11.3. The molecule has 4 nitrogen and oxygen atoms in total. The zero-order valence-electron chi connectivity index (χ0n) is 14.4. The lowest BCUT2D eigenvalue weighted by Gasteiger charge is -2.48. The molecule has 1 aromatic carbocycles. The zero-order chi connectivity index (χ0) is 16.1. The molecule has 3 rings (SSSR count). The van der Waals surface area contributed by atoms with Gasteiger partial charge in [0.25, 0.3) is 0 Å². The lowest BCUT2D eigenvalue weighted by Crippen LogP contribution is -2.55. The first kappa shape index (κ1) is 16.7. The Kier molecular flexibility index (Phi) is 5.57. The van der Waals surface area contributed by atoms with Crippen LogP contribution in [0.5, 0.6) is 5.75 Å². The van der Waals surface area contributed by atoms with Crippen molar-refractivity contribution in [2.75, 3.05) is 33.4 Å². The largest absolute Gasteiger partial charge is 0.494 e. The van der Waals surface area contributed by atoms with Gasteiger partial charge in [0, 0.05) is 38.9 Å². The average Bonchev–Trinajstić information content (AvgIpc) is 2.59. The SMILES string of the molecule is CCOc1ccccc1CN1CCC2(CC1)OCCCC2OC. The van der Waals surface area contributed by atoms with E-state index in [4.69, 9.17) is 14.2 Å². The Labute approximate surface area is 139 Å². The molecular weight excluding hydrogens is 290 g/mol. The molecule has 2 fully saturated rings. The summed E-state index contributed by atoms with van der Waals surface area (Å²) in [6, 6.07) is 8.37. The molecule has 23 heavy (non-hydrogen) atoms. The van der Waals surface area contributed by atoms with Gasteiger partial charge >= 0.3 is 0 Å². The van der Waals surface area contributed by atoms with Crippen molar-refractivity contribution in [1.82, 2.24) is 4.90 Å². The zero-order valence-corrected chi connectivity index (χ0v) is 14.4. The molecule has 128 valence electrons. The first-order valence-electron chi connectivity index (χ1n) is 8.87. The van der Waals surface area contributed by atoms with Crippen LogP contribution in [0.3, 0.4) is 0 Å². The molecule has 0 N–H and O–H groups in total. The summed E-state index contributed by atoms with van der Waals surface area (Å²) < 4.78 is 17.7. The van der Waals surface area contributed by atoms with Crippen molar-refractivity contribution in [2.24, 2.45) is 0 Å². The fraction of sp³-hybridized carbons (Fsp3) is 0.684. The number of methoxy groups -OCH3 is 1. The summed E-state index contributed by atoms with van der Waals surface area (Å²) in [5, 5.41) is 0. The second kappa shape index (κ2) is 7.65. The average molecular weight is 319 g/mol. The number of hydrogen-bond donors (Lipinski definition) is 0. The minimum atomic E-state index is -0.0526. The summed E-state index contributed by atoms with van der Waals surface area (Å²) in [6.07, 6.45) is 4.62. The van der Waals surface area contributed by atoms with Crippen molar-refractivity contribution in [2.45, 2.75) is 50.9 Å². The van der Waals surface area contributed by atoms with Crippen LogP contribution in [0.2, 0.25) is 0 Å². The topological polar surface area (TPSA) is 30.9 Å². The van der Waals surface area contributed by atoms with Gasteiger partial charge in [-0.15, -0.1) is 0 Å². The third-order valence-corrected chi connectivity index (χ3v) is 5.24. The minimum absolute atomic E-state index is 0.0526. The highest BCUT2D eigenvalue weighted by Crippen LogP contribution is 2.37. The van der Waals surface area contributed by atoms with Gasteiger partial charge in [0.1, 0.15) is 5.75 Å². The molecule has 2 saturated heterocycles. The second-order valence-corrected chi connectivity index (χ2v) is 6.60. The van der Waals surface area contributed by atoms with E-state index in [0.29, 0.717) is 6.61 Å². The Morgan fingerprint density at radius 1 is 1.26 bits per heavy atom. The summed E-state index contributed by atoms with van der Waals surface area (Å²) >= 11 is 0. The van der Waals surface area contributed by atoms with E-state index in [1.54, 1.807) is 0 Å². The lowest BCUT2D eigenvalue weighted by molar-refractivity contribution is -0.186. The fourth-order valence-corrected chi connectivity index (χ4v) is 3.96. The first-order valence-corrected chi connectivity index (χ1v) is 8.87. The van der Waals surface area contributed by atoms with E-state index in [0.717, 1.165) is 57.7 Å². The van der Waals surface area contributed by atoms with Crippen LogP contribution < -0.4 is 4.74 Å². The van der Waals surface area contributed by atoms with Gasteiger partial charge < -0.3 is 14.2 Å². The number of hydrogen-bond acceptors (Lipinski definition) is 4. The predicted molar refractivity (Wildman–Crippen MR) is 90.8 cm³/mol. The number of ether oxygens (including phenoxy) is 3. The van der Waals surface area contributed by atoms with Crippen LogP contribution in [0.15, 0.2) is 24.3 Å². The number of rotatable bonds is 5. The van der Waals surface area contributed by atoms with Gasteiger partial charge in [-0.05, 0) is 38.7 Å². The quantitative estimate of drug-likeness (QED) is 0.833. The predicted octanol–water partition coefficient (Wildman–Crippen LogP) is 3.25. The molecule has 0 aromatic heterocycles. The van der Waals surface area contributed by atoms with E-state index in [2.05, 4.69) is 23.1 Å². The molecule has 1 atom stereocenters. The summed E-state index contributed by atoms with van der Waals surface area (Å²) in [6.45, 7) is 6.69. The van der Waals surface area contributed by atoms with Crippen molar-refractivity contribution >= 4 is 0 Å². The number of benzene rings is 1. The van der Waals surface area contributed by atoms with Crippen LogP contribution >= 0.6 is 0 Å². The molecule has 0 saturated carbocycles.